The highest BCUT2D eigenvalue weighted by molar-refractivity contribution is 5.90. The fraction of sp³-hybridized carbons (Fsp3) is 0.125. The molecule has 2 aromatic rings. The summed E-state index contributed by atoms with van der Waals surface area (Å²) in [5.74, 6) is -2.05. The van der Waals surface area contributed by atoms with Gasteiger partial charge in [-0.05, 0) is 29.3 Å². The van der Waals surface area contributed by atoms with Crippen LogP contribution < -0.4 is 5.48 Å². The maximum absolute atomic E-state index is 11.2. The molecule has 0 spiro atoms. The Morgan fingerprint density at radius 3 is 2.41 bits per heavy atom. The van der Waals surface area contributed by atoms with Gasteiger partial charge in [-0.3, -0.25) is 10.3 Å². The van der Waals surface area contributed by atoms with Crippen LogP contribution in [-0.4, -0.2) is 29.3 Å². The van der Waals surface area contributed by atoms with Crippen molar-refractivity contribution in [3.63, 3.8) is 0 Å². The maximum Gasteiger partial charge on any atom is 0.335 e. The number of nitrogens with one attached hydrogen (secondary N) is 1. The maximum atomic E-state index is 11.2. The number of anilines is 1. The van der Waals surface area contributed by atoms with Crippen molar-refractivity contribution in [1.82, 2.24) is 0 Å². The van der Waals surface area contributed by atoms with Crippen molar-refractivity contribution in [1.29, 1.82) is 0 Å². The number of benzene rings is 2. The molecule has 3 N–H and O–H groups in total. The molecular weight excluding hydrogens is 286 g/mol. The lowest BCUT2D eigenvalue weighted by molar-refractivity contribution is 0.0685. The molecule has 0 aliphatic rings. The number of hydrogen-bond acceptors (Lipinski definition) is 4. The summed E-state index contributed by atoms with van der Waals surface area (Å²) in [6, 6.07) is 11.2. The van der Waals surface area contributed by atoms with Gasteiger partial charge in [0.05, 0.1) is 23.9 Å². The highest BCUT2D eigenvalue weighted by Crippen LogP contribution is 2.23. The lowest BCUT2D eigenvalue weighted by Gasteiger charge is -2.12. The summed E-state index contributed by atoms with van der Waals surface area (Å²) in [5.41, 5.74) is 4.83. The molecule has 0 aliphatic carbocycles. The smallest absolute Gasteiger partial charge is 0.335 e. The van der Waals surface area contributed by atoms with E-state index in [1.165, 1.54) is 25.3 Å². The van der Waals surface area contributed by atoms with Crippen LogP contribution >= 0.6 is 0 Å². The van der Waals surface area contributed by atoms with Crippen LogP contribution in [0.25, 0.3) is 0 Å². The van der Waals surface area contributed by atoms with E-state index in [1.54, 1.807) is 24.3 Å². The van der Waals surface area contributed by atoms with Crippen LogP contribution in [0.3, 0.4) is 0 Å². The topological polar surface area (TPSA) is 95.9 Å². The van der Waals surface area contributed by atoms with Gasteiger partial charge in [-0.1, -0.05) is 24.3 Å². The summed E-state index contributed by atoms with van der Waals surface area (Å²) in [5, 5.41) is 18.2. The van der Waals surface area contributed by atoms with E-state index in [2.05, 4.69) is 5.48 Å². The van der Waals surface area contributed by atoms with Gasteiger partial charge < -0.3 is 10.2 Å². The fourth-order valence-electron chi connectivity index (χ4n) is 2.16. The molecule has 0 bridgehead atoms. The Morgan fingerprint density at radius 1 is 1.05 bits per heavy atom. The van der Waals surface area contributed by atoms with Gasteiger partial charge in [0.1, 0.15) is 0 Å². The predicted molar refractivity (Wildman–Crippen MR) is 80.2 cm³/mol. The molecule has 0 saturated carbocycles. The van der Waals surface area contributed by atoms with Gasteiger partial charge in [0, 0.05) is 6.42 Å². The van der Waals surface area contributed by atoms with Crippen LogP contribution in [0.1, 0.15) is 31.8 Å². The van der Waals surface area contributed by atoms with Crippen LogP contribution in [0.5, 0.6) is 0 Å². The molecule has 0 saturated heterocycles. The lowest BCUT2D eigenvalue weighted by atomic mass is 9.97. The third kappa shape index (κ3) is 3.42. The summed E-state index contributed by atoms with van der Waals surface area (Å²) < 4.78 is 0. The number of hydrogen-bond donors (Lipinski definition) is 3. The van der Waals surface area contributed by atoms with Gasteiger partial charge in [0.15, 0.2) is 0 Å². The normalized spacial score (nSPS) is 10.2. The van der Waals surface area contributed by atoms with Crippen molar-refractivity contribution in [2.45, 2.75) is 6.42 Å². The molecule has 0 atom stereocenters. The average Bonchev–Trinajstić information content (AvgIpc) is 2.49. The van der Waals surface area contributed by atoms with Gasteiger partial charge in [-0.2, -0.15) is 0 Å². The highest BCUT2D eigenvalue weighted by Gasteiger charge is 2.13. The Kier molecular flexibility index (Phi) is 4.75. The molecule has 0 aromatic heterocycles. The van der Waals surface area contributed by atoms with E-state index in [-0.39, 0.29) is 11.1 Å². The molecule has 0 amide bonds. The first-order valence-corrected chi connectivity index (χ1v) is 6.49. The Morgan fingerprint density at radius 2 is 1.77 bits per heavy atom. The molecule has 114 valence electrons. The first kappa shape index (κ1) is 15.5. The molecule has 0 radical (unpaired) electrons. The van der Waals surface area contributed by atoms with Gasteiger partial charge in [0.25, 0.3) is 0 Å². The summed E-state index contributed by atoms with van der Waals surface area (Å²) in [6.07, 6.45) is 0.341. The minimum atomic E-state index is -1.04. The van der Waals surface area contributed by atoms with E-state index in [9.17, 15) is 14.7 Å². The summed E-state index contributed by atoms with van der Waals surface area (Å²) in [4.78, 5) is 27.1. The fourth-order valence-corrected chi connectivity index (χ4v) is 2.16. The molecule has 0 unspecified atom stereocenters. The van der Waals surface area contributed by atoms with Crippen LogP contribution in [0.4, 0.5) is 5.69 Å². The van der Waals surface area contributed by atoms with Crippen LogP contribution in [-0.2, 0) is 11.3 Å². The Hall–Kier alpha value is -2.86. The molecule has 0 aliphatic heterocycles. The molecule has 2 rings (SSSR count). The van der Waals surface area contributed by atoms with Gasteiger partial charge >= 0.3 is 11.9 Å². The van der Waals surface area contributed by atoms with Crippen LogP contribution in [0, 0.1) is 0 Å². The van der Waals surface area contributed by atoms with Gasteiger partial charge in [0.2, 0.25) is 0 Å². The van der Waals surface area contributed by atoms with Crippen LogP contribution in [0.15, 0.2) is 42.5 Å². The summed E-state index contributed by atoms with van der Waals surface area (Å²) in [6.45, 7) is 0. The second-order valence-corrected chi connectivity index (χ2v) is 4.62. The minimum absolute atomic E-state index is 0.120. The van der Waals surface area contributed by atoms with Gasteiger partial charge in [-0.15, -0.1) is 0 Å². The van der Waals surface area contributed by atoms with Crippen molar-refractivity contribution in [3.8, 4) is 0 Å². The standard InChI is InChI=1S/C16H15NO5/c1-22-17-14-9-12(15(18)19)7-6-11(14)8-10-4-2-3-5-13(10)16(20)21/h2-7,9,17H,8H2,1H3,(H,18,19)(H,20,21). The molecule has 2 aromatic carbocycles. The van der Waals surface area contributed by atoms with Crippen molar-refractivity contribution < 1.29 is 24.6 Å². The second kappa shape index (κ2) is 6.73. The molecule has 0 fully saturated rings. The molecule has 22 heavy (non-hydrogen) atoms. The van der Waals surface area contributed by atoms with E-state index in [0.717, 1.165) is 5.56 Å². The van der Waals surface area contributed by atoms with Crippen molar-refractivity contribution in [2.24, 2.45) is 0 Å². The van der Waals surface area contributed by atoms with E-state index in [4.69, 9.17) is 9.94 Å². The number of carboxylic acid groups (broad SMARTS) is 2. The first-order chi connectivity index (χ1) is 10.5. The number of rotatable bonds is 6. The van der Waals surface area contributed by atoms with Gasteiger partial charge in [-0.25, -0.2) is 9.59 Å². The number of carbonyl (C=O) groups is 2. The number of carboxylic acids is 2. The SMILES string of the molecule is CONc1cc(C(=O)O)ccc1Cc1ccccc1C(=O)O. The van der Waals surface area contributed by atoms with E-state index in [0.29, 0.717) is 17.7 Å². The monoisotopic (exact) mass is 301 g/mol. The van der Waals surface area contributed by atoms with Crippen molar-refractivity contribution in [3.05, 3.63) is 64.7 Å². The van der Waals surface area contributed by atoms with E-state index >= 15 is 0 Å². The molecule has 6 nitrogen and oxygen atoms in total. The van der Waals surface area contributed by atoms with E-state index < -0.39 is 11.9 Å². The highest BCUT2D eigenvalue weighted by atomic mass is 16.6. The Bertz CT molecular complexity index is 711. The quantitative estimate of drug-likeness (QED) is 0.710. The second-order valence-electron chi connectivity index (χ2n) is 4.62. The van der Waals surface area contributed by atoms with E-state index in [1.807, 2.05) is 0 Å². The Labute approximate surface area is 126 Å². The predicted octanol–water partition coefficient (Wildman–Crippen LogP) is 2.65. The zero-order valence-electron chi connectivity index (χ0n) is 11.9. The number of aromatic carboxylic acids is 2. The third-order valence-corrected chi connectivity index (χ3v) is 3.20. The zero-order valence-corrected chi connectivity index (χ0v) is 11.9. The zero-order chi connectivity index (χ0) is 16.1. The third-order valence-electron chi connectivity index (χ3n) is 3.20. The average molecular weight is 301 g/mol. The molecule has 6 heteroatoms. The lowest BCUT2D eigenvalue weighted by Crippen LogP contribution is -2.07. The van der Waals surface area contributed by atoms with Crippen molar-refractivity contribution >= 4 is 17.6 Å². The largest absolute Gasteiger partial charge is 0.478 e. The van der Waals surface area contributed by atoms with Crippen LogP contribution in [0.2, 0.25) is 0 Å². The molecule has 0 heterocycles. The minimum Gasteiger partial charge on any atom is -0.478 e. The van der Waals surface area contributed by atoms with Crippen molar-refractivity contribution in [2.75, 3.05) is 12.6 Å². The summed E-state index contributed by atoms with van der Waals surface area (Å²) >= 11 is 0. The molecular formula is C16H15NO5. The first-order valence-electron chi connectivity index (χ1n) is 6.49. The Balaban J connectivity index is 2.41. The summed E-state index contributed by atoms with van der Waals surface area (Å²) in [7, 11) is 1.42.